The molecule has 2 heterocycles. The molecule has 2 N–H and O–H groups in total. The Morgan fingerprint density at radius 3 is 2.70 bits per heavy atom. The van der Waals surface area contributed by atoms with Gasteiger partial charge in [0.25, 0.3) is 0 Å². The largest absolute Gasteiger partial charge is 0.326 e. The summed E-state index contributed by atoms with van der Waals surface area (Å²) in [7, 11) is 0. The van der Waals surface area contributed by atoms with E-state index in [4.69, 9.17) is 0 Å². The molecule has 0 fully saturated rings. The van der Waals surface area contributed by atoms with Crippen LogP contribution in [0.15, 0.2) is 101 Å². The Morgan fingerprint density at radius 1 is 0.970 bits per heavy atom. The molecule has 5 rings (SSSR count). The minimum Gasteiger partial charge on any atom is -0.326 e. The third-order valence-corrected chi connectivity index (χ3v) is 6.11. The molecule has 33 heavy (non-hydrogen) atoms. The number of aromatic nitrogens is 3. The molecule has 2 aromatic heterocycles. The topological polar surface area (TPSA) is 70.7 Å². The van der Waals surface area contributed by atoms with Crippen LogP contribution < -0.4 is 5.32 Å². The van der Waals surface area contributed by atoms with Gasteiger partial charge in [0.15, 0.2) is 0 Å². The van der Waals surface area contributed by atoms with E-state index >= 15 is 0 Å². The molecular weight excluding hydrogens is 435 g/mol. The molecule has 0 saturated carbocycles. The van der Waals surface area contributed by atoms with E-state index in [1.54, 1.807) is 42.4 Å². The van der Waals surface area contributed by atoms with Gasteiger partial charge in [-0.3, -0.25) is 14.9 Å². The fourth-order valence-corrected chi connectivity index (χ4v) is 4.50. The second kappa shape index (κ2) is 9.26. The maximum absolute atomic E-state index is 13.8. The quantitative estimate of drug-likeness (QED) is 0.325. The molecule has 0 aliphatic carbocycles. The van der Waals surface area contributed by atoms with Gasteiger partial charge in [0, 0.05) is 38.8 Å². The van der Waals surface area contributed by atoms with E-state index in [2.05, 4.69) is 26.6 Å². The summed E-state index contributed by atoms with van der Waals surface area (Å²) in [5.41, 5.74) is 3.81. The Balaban J connectivity index is 1.30. The Hall–Kier alpha value is -3.97. The lowest BCUT2D eigenvalue weighted by molar-refractivity contribution is -0.115. The first-order chi connectivity index (χ1) is 16.2. The van der Waals surface area contributed by atoms with Crippen LogP contribution in [0.3, 0.4) is 0 Å². The lowest BCUT2D eigenvalue weighted by Gasteiger charge is -2.08. The number of benzene rings is 3. The molecule has 0 atom stereocenters. The molecule has 0 radical (unpaired) electrons. The highest BCUT2D eigenvalue weighted by Crippen LogP contribution is 2.33. The average molecular weight is 455 g/mol. The number of pyridine rings is 1. The van der Waals surface area contributed by atoms with Crippen LogP contribution in [-0.4, -0.2) is 21.1 Å². The summed E-state index contributed by atoms with van der Waals surface area (Å²) in [6, 6.07) is 23.9. The third kappa shape index (κ3) is 4.78. The smallest absolute Gasteiger partial charge is 0.228 e. The lowest BCUT2D eigenvalue weighted by atomic mass is 10.1. The number of nitrogens with zero attached hydrogens (tertiary/aromatic N) is 2. The normalized spacial score (nSPS) is 10.9. The van der Waals surface area contributed by atoms with Gasteiger partial charge in [0.1, 0.15) is 11.5 Å². The Labute approximate surface area is 194 Å². The Kier molecular flexibility index (Phi) is 5.87. The highest BCUT2D eigenvalue weighted by molar-refractivity contribution is 7.99. The summed E-state index contributed by atoms with van der Waals surface area (Å²) in [4.78, 5) is 18.6. The minimum atomic E-state index is -0.377. The van der Waals surface area contributed by atoms with Crippen LogP contribution in [0, 0.1) is 5.82 Å². The second-order valence-corrected chi connectivity index (χ2v) is 8.61. The van der Waals surface area contributed by atoms with Crippen LogP contribution in [0.2, 0.25) is 0 Å². The van der Waals surface area contributed by atoms with E-state index in [1.165, 1.54) is 6.07 Å². The van der Waals surface area contributed by atoms with Crippen molar-refractivity contribution in [3.05, 3.63) is 103 Å². The van der Waals surface area contributed by atoms with Crippen molar-refractivity contribution in [1.29, 1.82) is 0 Å². The van der Waals surface area contributed by atoms with Crippen molar-refractivity contribution in [3.8, 4) is 11.3 Å². The van der Waals surface area contributed by atoms with Gasteiger partial charge in [-0.05, 0) is 60.2 Å². The molecular formula is C26H19FN4OS. The summed E-state index contributed by atoms with van der Waals surface area (Å²) in [6.07, 6.45) is 3.52. The zero-order chi connectivity index (χ0) is 22.6. The van der Waals surface area contributed by atoms with Crippen LogP contribution >= 0.6 is 11.8 Å². The van der Waals surface area contributed by atoms with Crippen LogP contribution in [-0.2, 0) is 11.2 Å². The van der Waals surface area contributed by atoms with Crippen LogP contribution in [0.1, 0.15) is 5.56 Å². The zero-order valence-corrected chi connectivity index (χ0v) is 18.3. The summed E-state index contributed by atoms with van der Waals surface area (Å²) in [6.45, 7) is 0. The summed E-state index contributed by atoms with van der Waals surface area (Å²) in [5, 5.41) is 11.4. The number of carbonyl (C=O) groups excluding carboxylic acids is 1. The minimum absolute atomic E-state index is 0.0141. The third-order valence-electron chi connectivity index (χ3n) is 5.13. The van der Waals surface area contributed by atoms with E-state index in [0.717, 1.165) is 32.0 Å². The number of rotatable bonds is 6. The van der Waals surface area contributed by atoms with Crippen LogP contribution in [0.4, 0.5) is 10.1 Å². The van der Waals surface area contributed by atoms with Crippen molar-refractivity contribution in [2.24, 2.45) is 0 Å². The van der Waals surface area contributed by atoms with Crippen molar-refractivity contribution in [3.63, 3.8) is 0 Å². The van der Waals surface area contributed by atoms with E-state index in [-0.39, 0.29) is 18.1 Å². The van der Waals surface area contributed by atoms with Crippen molar-refractivity contribution < 1.29 is 9.18 Å². The number of hydrogen-bond acceptors (Lipinski definition) is 4. The molecule has 0 aliphatic heterocycles. The van der Waals surface area contributed by atoms with Gasteiger partial charge in [-0.2, -0.15) is 5.10 Å². The number of amides is 1. The molecule has 0 aliphatic rings. The first-order valence-corrected chi connectivity index (χ1v) is 11.2. The molecule has 5 nitrogen and oxygen atoms in total. The average Bonchev–Trinajstić information content (AvgIpc) is 3.25. The molecule has 7 heteroatoms. The van der Waals surface area contributed by atoms with Gasteiger partial charge in [-0.1, -0.05) is 36.0 Å². The standard InChI is InChI=1S/C26H19FN4OS/c27-23-9-2-1-5-17(23)13-25(32)29-19-7-3-8-20(14-19)33-21-10-11-22-24(15-21)30-31-26(22)18-6-4-12-28-16-18/h1-12,14-16H,13H2,(H,29,32)(H,30,31). The van der Waals surface area contributed by atoms with Gasteiger partial charge in [-0.15, -0.1) is 0 Å². The molecule has 0 unspecified atom stereocenters. The maximum Gasteiger partial charge on any atom is 0.228 e. The first kappa shape index (κ1) is 20.9. The van der Waals surface area contributed by atoms with E-state index in [0.29, 0.717) is 11.3 Å². The predicted octanol–water partition coefficient (Wildman–Crippen LogP) is 6.10. The molecule has 162 valence electrons. The van der Waals surface area contributed by atoms with Gasteiger partial charge < -0.3 is 5.32 Å². The fraction of sp³-hybridized carbons (Fsp3) is 0.0385. The number of aromatic amines is 1. The lowest BCUT2D eigenvalue weighted by Crippen LogP contribution is -2.15. The number of H-pyrrole nitrogens is 1. The van der Waals surface area contributed by atoms with E-state index in [1.807, 2.05) is 48.5 Å². The highest BCUT2D eigenvalue weighted by atomic mass is 32.2. The summed E-state index contributed by atoms with van der Waals surface area (Å²) >= 11 is 1.58. The number of anilines is 1. The molecule has 0 bridgehead atoms. The SMILES string of the molecule is O=C(Cc1ccccc1F)Nc1cccc(Sc2ccc3c(-c4cccnc4)n[nH]c3c2)c1. The number of halogens is 1. The van der Waals surface area contributed by atoms with Gasteiger partial charge >= 0.3 is 0 Å². The summed E-state index contributed by atoms with van der Waals surface area (Å²) < 4.78 is 13.8. The van der Waals surface area contributed by atoms with E-state index < -0.39 is 0 Å². The number of nitrogens with one attached hydrogen (secondary N) is 2. The zero-order valence-electron chi connectivity index (χ0n) is 17.5. The highest BCUT2D eigenvalue weighted by Gasteiger charge is 2.11. The maximum atomic E-state index is 13.8. The van der Waals surface area contributed by atoms with Crippen molar-refractivity contribution in [2.75, 3.05) is 5.32 Å². The number of fused-ring (bicyclic) bond motifs is 1. The monoisotopic (exact) mass is 454 g/mol. The van der Waals surface area contributed by atoms with Crippen molar-refractivity contribution in [1.82, 2.24) is 15.2 Å². The fourth-order valence-electron chi connectivity index (χ4n) is 3.58. The van der Waals surface area contributed by atoms with Crippen molar-refractivity contribution >= 4 is 34.3 Å². The van der Waals surface area contributed by atoms with Gasteiger partial charge in [0.2, 0.25) is 5.91 Å². The first-order valence-electron chi connectivity index (χ1n) is 10.4. The number of hydrogen-bond donors (Lipinski definition) is 2. The molecule has 0 saturated heterocycles. The van der Waals surface area contributed by atoms with Gasteiger partial charge in [-0.25, -0.2) is 4.39 Å². The molecule has 1 amide bonds. The summed E-state index contributed by atoms with van der Waals surface area (Å²) in [5.74, 6) is -0.637. The van der Waals surface area contributed by atoms with Crippen LogP contribution in [0.5, 0.6) is 0 Å². The van der Waals surface area contributed by atoms with Crippen LogP contribution in [0.25, 0.3) is 22.2 Å². The molecule has 0 spiro atoms. The van der Waals surface area contributed by atoms with E-state index in [9.17, 15) is 9.18 Å². The Bertz CT molecular complexity index is 1430. The predicted molar refractivity (Wildman–Crippen MR) is 129 cm³/mol. The Morgan fingerprint density at radius 2 is 1.85 bits per heavy atom. The number of carbonyl (C=O) groups is 1. The molecule has 3 aromatic carbocycles. The second-order valence-electron chi connectivity index (χ2n) is 7.47. The molecule has 5 aromatic rings. The van der Waals surface area contributed by atoms with Gasteiger partial charge in [0.05, 0.1) is 11.9 Å². The van der Waals surface area contributed by atoms with Crippen molar-refractivity contribution in [2.45, 2.75) is 16.2 Å².